The van der Waals surface area contributed by atoms with Crippen molar-refractivity contribution in [3.05, 3.63) is 23.3 Å². The average Bonchev–Trinajstić information content (AvgIpc) is 2.49. The van der Waals surface area contributed by atoms with E-state index >= 15 is 0 Å². The minimum atomic E-state index is -0.647. The maximum absolute atomic E-state index is 11.5. The average molecular weight is 424 g/mol. The summed E-state index contributed by atoms with van der Waals surface area (Å²) in [6, 6.07) is 0. The van der Waals surface area contributed by atoms with Crippen molar-refractivity contribution in [2.24, 2.45) is 0 Å². The molecule has 0 fully saturated rings. The topological polar surface area (TPSA) is 35.5 Å². The summed E-state index contributed by atoms with van der Waals surface area (Å²) in [5, 5.41) is 0.170. The van der Waals surface area contributed by atoms with Crippen molar-refractivity contribution in [2.75, 3.05) is 0 Å². The zero-order valence-corrected chi connectivity index (χ0v) is 16.3. The Bertz CT molecular complexity index is 499. The number of ether oxygens (including phenoxy) is 2. The number of carbonyl (C=O) groups is 1. The molecule has 1 aliphatic heterocycles. The first kappa shape index (κ1) is 20.6. The summed E-state index contributed by atoms with van der Waals surface area (Å²) in [5.41, 5.74) is 0. The SMILES string of the molecule is C#CC=CC(Cl)C(OC(C)=O)C1CC=C(Cl)CC(Br)C(CC)O1. The Labute approximate surface area is 156 Å². The summed E-state index contributed by atoms with van der Waals surface area (Å²) in [4.78, 5) is 11.5. The van der Waals surface area contributed by atoms with Gasteiger partial charge in [0.05, 0.1) is 11.5 Å². The van der Waals surface area contributed by atoms with Gasteiger partial charge >= 0.3 is 5.97 Å². The van der Waals surface area contributed by atoms with E-state index in [9.17, 15) is 4.79 Å². The monoisotopic (exact) mass is 422 g/mol. The minimum absolute atomic E-state index is 0.0546. The van der Waals surface area contributed by atoms with Gasteiger partial charge in [-0.05, 0) is 25.3 Å². The molecule has 5 atom stereocenters. The smallest absolute Gasteiger partial charge is 0.303 e. The highest BCUT2D eigenvalue weighted by Crippen LogP contribution is 2.30. The van der Waals surface area contributed by atoms with Crippen molar-refractivity contribution in [1.29, 1.82) is 0 Å². The Morgan fingerprint density at radius 2 is 2.39 bits per heavy atom. The standard InChI is InChI=1S/C17H21BrCl2O3/c1-4-6-7-14(20)17(22-11(3)21)16-9-8-12(19)10-13(18)15(5-2)23-16/h1,6-8,13-17H,5,9-10H2,2-3H3. The Kier molecular flexibility index (Phi) is 9.31. The van der Waals surface area contributed by atoms with Gasteiger partial charge in [-0.25, -0.2) is 0 Å². The van der Waals surface area contributed by atoms with Gasteiger partial charge in [-0.2, -0.15) is 0 Å². The number of esters is 1. The largest absolute Gasteiger partial charge is 0.458 e. The predicted octanol–water partition coefficient (Wildman–Crippen LogP) is 4.56. The molecule has 0 aromatic heterocycles. The van der Waals surface area contributed by atoms with E-state index in [2.05, 4.69) is 21.9 Å². The van der Waals surface area contributed by atoms with Gasteiger partial charge in [0.25, 0.3) is 0 Å². The van der Waals surface area contributed by atoms with E-state index in [1.807, 2.05) is 13.0 Å². The zero-order chi connectivity index (χ0) is 17.4. The number of carbonyl (C=O) groups excluding carboxylic acids is 1. The number of hydrogen-bond acceptors (Lipinski definition) is 3. The molecule has 0 aliphatic carbocycles. The van der Waals surface area contributed by atoms with Gasteiger partial charge in [-0.1, -0.05) is 52.5 Å². The van der Waals surface area contributed by atoms with E-state index < -0.39 is 23.6 Å². The summed E-state index contributed by atoms with van der Waals surface area (Å²) in [5.74, 6) is 1.96. The first-order valence-corrected chi connectivity index (χ1v) is 9.20. The van der Waals surface area contributed by atoms with Crippen LogP contribution in [0.15, 0.2) is 23.3 Å². The van der Waals surface area contributed by atoms with Crippen LogP contribution in [0.5, 0.6) is 0 Å². The summed E-state index contributed by atoms with van der Waals surface area (Å²) in [7, 11) is 0. The molecule has 6 heteroatoms. The summed E-state index contributed by atoms with van der Waals surface area (Å²) < 4.78 is 11.6. The summed E-state index contributed by atoms with van der Waals surface area (Å²) in [6.45, 7) is 3.38. The van der Waals surface area contributed by atoms with Gasteiger partial charge in [0.1, 0.15) is 12.2 Å². The van der Waals surface area contributed by atoms with Gasteiger partial charge in [0.2, 0.25) is 0 Å². The molecule has 3 nitrogen and oxygen atoms in total. The molecule has 1 aliphatic rings. The number of allylic oxidation sites excluding steroid dienone is 2. The molecular formula is C17H21BrCl2O3. The van der Waals surface area contributed by atoms with Crippen LogP contribution in [0.2, 0.25) is 0 Å². The molecule has 0 spiro atoms. The number of halogens is 3. The van der Waals surface area contributed by atoms with Crippen LogP contribution in [0.1, 0.15) is 33.1 Å². The van der Waals surface area contributed by atoms with Crippen LogP contribution in [0, 0.1) is 12.3 Å². The molecule has 0 radical (unpaired) electrons. The molecule has 23 heavy (non-hydrogen) atoms. The predicted molar refractivity (Wildman–Crippen MR) is 98.0 cm³/mol. The van der Waals surface area contributed by atoms with Crippen molar-refractivity contribution < 1.29 is 14.3 Å². The van der Waals surface area contributed by atoms with Crippen molar-refractivity contribution in [3.8, 4) is 12.3 Å². The molecule has 0 saturated carbocycles. The third-order valence-electron chi connectivity index (χ3n) is 3.48. The van der Waals surface area contributed by atoms with Crippen LogP contribution < -0.4 is 0 Å². The van der Waals surface area contributed by atoms with E-state index in [0.717, 1.165) is 11.5 Å². The molecule has 0 amide bonds. The lowest BCUT2D eigenvalue weighted by molar-refractivity contribution is -0.157. The van der Waals surface area contributed by atoms with E-state index in [-0.39, 0.29) is 10.9 Å². The first-order valence-electron chi connectivity index (χ1n) is 7.47. The summed E-state index contributed by atoms with van der Waals surface area (Å²) >= 11 is 16.2. The van der Waals surface area contributed by atoms with E-state index in [1.54, 1.807) is 6.08 Å². The molecule has 0 aromatic carbocycles. The quantitative estimate of drug-likeness (QED) is 0.369. The van der Waals surface area contributed by atoms with Crippen LogP contribution in [0.4, 0.5) is 0 Å². The first-order chi connectivity index (χ1) is 10.9. The van der Waals surface area contributed by atoms with Crippen molar-refractivity contribution >= 4 is 45.1 Å². The molecule has 128 valence electrons. The minimum Gasteiger partial charge on any atom is -0.458 e. The van der Waals surface area contributed by atoms with Gasteiger partial charge in [-0.15, -0.1) is 18.0 Å². The maximum Gasteiger partial charge on any atom is 0.303 e. The number of rotatable bonds is 5. The van der Waals surface area contributed by atoms with Crippen molar-refractivity contribution in [1.82, 2.24) is 0 Å². The van der Waals surface area contributed by atoms with Gasteiger partial charge in [-0.3, -0.25) is 4.79 Å². The fraction of sp³-hybridized carbons (Fsp3) is 0.588. The highest BCUT2D eigenvalue weighted by atomic mass is 79.9. The molecule has 0 saturated heterocycles. The molecule has 1 rings (SSSR count). The molecule has 0 bridgehead atoms. The number of hydrogen-bond donors (Lipinski definition) is 0. The second-order valence-corrected chi connectivity index (χ2v) is 7.44. The Hall–Kier alpha value is -0.470. The van der Waals surface area contributed by atoms with Crippen LogP contribution in [0.25, 0.3) is 0 Å². The zero-order valence-electron chi connectivity index (χ0n) is 13.2. The Balaban J connectivity index is 3.05. The lowest BCUT2D eigenvalue weighted by Gasteiger charge is -2.34. The van der Waals surface area contributed by atoms with E-state index in [0.29, 0.717) is 12.8 Å². The highest BCUT2D eigenvalue weighted by molar-refractivity contribution is 9.09. The third kappa shape index (κ3) is 6.89. The number of alkyl halides is 2. The van der Waals surface area contributed by atoms with E-state index in [1.165, 1.54) is 13.0 Å². The van der Waals surface area contributed by atoms with Gasteiger partial charge < -0.3 is 9.47 Å². The second-order valence-electron chi connectivity index (χ2n) is 5.27. The summed E-state index contributed by atoms with van der Waals surface area (Å²) in [6.07, 6.45) is 11.1. The van der Waals surface area contributed by atoms with Crippen molar-refractivity contribution in [3.63, 3.8) is 0 Å². The lowest BCUT2D eigenvalue weighted by Crippen LogP contribution is -2.43. The van der Waals surface area contributed by atoms with Crippen LogP contribution in [-0.4, -0.2) is 34.5 Å². The van der Waals surface area contributed by atoms with Gasteiger partial charge in [0, 0.05) is 16.8 Å². The van der Waals surface area contributed by atoms with Crippen molar-refractivity contribution in [2.45, 2.75) is 61.6 Å². The maximum atomic E-state index is 11.5. The lowest BCUT2D eigenvalue weighted by atomic mass is 10.0. The van der Waals surface area contributed by atoms with Crippen LogP contribution in [0.3, 0.4) is 0 Å². The van der Waals surface area contributed by atoms with Gasteiger partial charge in [0.15, 0.2) is 0 Å². The molecule has 5 unspecified atom stereocenters. The fourth-order valence-corrected chi connectivity index (χ4v) is 3.94. The fourth-order valence-electron chi connectivity index (χ4n) is 2.37. The second kappa shape index (κ2) is 10.4. The normalized spacial score (nSPS) is 28.2. The molecule has 0 aromatic rings. The molecule has 0 N–H and O–H groups in total. The molecular weight excluding hydrogens is 403 g/mol. The van der Waals surface area contributed by atoms with E-state index in [4.69, 9.17) is 39.1 Å². The third-order valence-corrected chi connectivity index (χ3v) is 5.09. The molecule has 1 heterocycles. The Morgan fingerprint density at radius 1 is 1.70 bits per heavy atom. The number of terminal acetylenes is 1. The van der Waals surface area contributed by atoms with Crippen LogP contribution >= 0.6 is 39.1 Å². The van der Waals surface area contributed by atoms with Crippen LogP contribution in [-0.2, 0) is 14.3 Å². The Morgan fingerprint density at radius 3 is 2.96 bits per heavy atom. The highest BCUT2D eigenvalue weighted by Gasteiger charge is 2.34.